The minimum atomic E-state index is -0.0542. The lowest BCUT2D eigenvalue weighted by Crippen LogP contribution is -2.43. The molecule has 1 aromatic carbocycles. The minimum Gasteiger partial charge on any atom is -0.341 e. The van der Waals surface area contributed by atoms with Crippen LogP contribution in [0.15, 0.2) is 42.9 Å². The van der Waals surface area contributed by atoms with E-state index in [0.29, 0.717) is 31.3 Å². The van der Waals surface area contributed by atoms with Crippen LogP contribution in [0.3, 0.4) is 0 Å². The molecule has 192 valence electrons. The van der Waals surface area contributed by atoms with E-state index in [1.165, 1.54) is 0 Å². The molecule has 0 atom stereocenters. The monoisotopic (exact) mass is 500 g/mol. The third-order valence-corrected chi connectivity index (χ3v) is 6.94. The number of amides is 3. The number of hydrogen-bond donors (Lipinski definition) is 4. The van der Waals surface area contributed by atoms with E-state index in [9.17, 15) is 9.59 Å². The summed E-state index contributed by atoms with van der Waals surface area (Å²) in [6.07, 6.45) is 9.00. The second kappa shape index (κ2) is 10.8. The molecule has 4 N–H and O–H groups in total. The van der Waals surface area contributed by atoms with Crippen molar-refractivity contribution in [2.24, 2.45) is 5.92 Å². The van der Waals surface area contributed by atoms with Crippen molar-refractivity contribution in [2.45, 2.75) is 39.0 Å². The molecule has 0 unspecified atom stereocenters. The molecule has 10 heteroatoms. The zero-order chi connectivity index (χ0) is 25.8. The van der Waals surface area contributed by atoms with Crippen LogP contribution in [0.25, 0.3) is 0 Å². The van der Waals surface area contributed by atoms with Crippen molar-refractivity contribution in [3.05, 3.63) is 59.5 Å². The standard InChI is InChI=1S/C27H32N8O2/c1-17-14-30-26-32-22-11-19(15-29-16-22)3-4-20-13-21(31-25(17)34-26)5-6-23(20)33-24(36)12-18-7-9-35(10-8-18)27(37)28-2/h5-6,11,13-16,18H,3-4,7-10,12H2,1-2H3,(H,28,37)(H,33,36)(H2,30,31,32,34). The Balaban J connectivity index is 1.34. The Labute approximate surface area is 216 Å². The highest BCUT2D eigenvalue weighted by molar-refractivity contribution is 5.92. The fraction of sp³-hybridized carbons (Fsp3) is 0.370. The van der Waals surface area contributed by atoms with Crippen LogP contribution in [0.4, 0.5) is 33.6 Å². The molecule has 0 saturated carbocycles. The van der Waals surface area contributed by atoms with Crippen LogP contribution >= 0.6 is 0 Å². The summed E-state index contributed by atoms with van der Waals surface area (Å²) < 4.78 is 0. The second-order valence-corrected chi connectivity index (χ2v) is 9.67. The normalized spacial score (nSPS) is 15.2. The highest BCUT2D eigenvalue weighted by atomic mass is 16.2. The molecule has 2 aliphatic heterocycles. The van der Waals surface area contributed by atoms with Gasteiger partial charge in [-0.3, -0.25) is 9.78 Å². The fourth-order valence-corrected chi connectivity index (χ4v) is 4.83. The summed E-state index contributed by atoms with van der Waals surface area (Å²) in [5, 5.41) is 12.5. The number of fused-ring (bicyclic) bond motifs is 6. The Morgan fingerprint density at radius 3 is 2.70 bits per heavy atom. The first-order valence-electron chi connectivity index (χ1n) is 12.7. The van der Waals surface area contributed by atoms with Gasteiger partial charge in [0, 0.05) is 55.9 Å². The van der Waals surface area contributed by atoms with Crippen LogP contribution < -0.4 is 21.3 Å². The van der Waals surface area contributed by atoms with E-state index in [4.69, 9.17) is 0 Å². The summed E-state index contributed by atoms with van der Waals surface area (Å²) in [4.78, 5) is 40.0. The molecule has 10 nitrogen and oxygen atoms in total. The number of piperidine rings is 1. The lowest BCUT2D eigenvalue weighted by Gasteiger charge is -2.31. The van der Waals surface area contributed by atoms with E-state index < -0.39 is 0 Å². The van der Waals surface area contributed by atoms with Gasteiger partial charge in [0.25, 0.3) is 0 Å². The zero-order valence-corrected chi connectivity index (χ0v) is 21.2. The summed E-state index contributed by atoms with van der Waals surface area (Å²) in [6.45, 7) is 3.31. The number of hydrogen-bond acceptors (Lipinski definition) is 7. The first kappa shape index (κ1) is 24.5. The Kier molecular flexibility index (Phi) is 7.16. The Morgan fingerprint density at radius 2 is 1.89 bits per heavy atom. The summed E-state index contributed by atoms with van der Waals surface area (Å²) in [5.41, 5.74) is 5.58. The minimum absolute atomic E-state index is 0.00224. The predicted octanol–water partition coefficient (Wildman–Crippen LogP) is 4.15. The van der Waals surface area contributed by atoms with Crippen LogP contribution in [0.1, 0.15) is 36.0 Å². The summed E-state index contributed by atoms with van der Waals surface area (Å²) in [5.74, 6) is 1.48. The van der Waals surface area contributed by atoms with Crippen LogP contribution in [0.2, 0.25) is 0 Å². The number of likely N-dealkylation sites (tertiary alicyclic amines) is 1. The Bertz CT molecular complexity index is 1300. The largest absolute Gasteiger partial charge is 0.341 e. The van der Waals surface area contributed by atoms with Crippen molar-refractivity contribution in [2.75, 3.05) is 36.1 Å². The molecule has 3 amide bonds. The van der Waals surface area contributed by atoms with E-state index in [-0.39, 0.29) is 17.9 Å². The molecule has 1 saturated heterocycles. The Morgan fingerprint density at radius 1 is 1.05 bits per heavy atom. The zero-order valence-electron chi connectivity index (χ0n) is 21.2. The molecule has 0 spiro atoms. The van der Waals surface area contributed by atoms with E-state index in [1.54, 1.807) is 24.3 Å². The number of aryl methyl sites for hydroxylation is 3. The third kappa shape index (κ3) is 5.96. The number of benzene rings is 1. The van der Waals surface area contributed by atoms with Crippen LogP contribution in [0.5, 0.6) is 0 Å². The van der Waals surface area contributed by atoms with Gasteiger partial charge in [0.15, 0.2) is 0 Å². The lowest BCUT2D eigenvalue weighted by atomic mass is 9.93. The van der Waals surface area contributed by atoms with Gasteiger partial charge in [-0.25, -0.2) is 9.78 Å². The maximum absolute atomic E-state index is 13.0. The van der Waals surface area contributed by atoms with Crippen LogP contribution in [0, 0.1) is 12.8 Å². The highest BCUT2D eigenvalue weighted by Crippen LogP contribution is 2.28. The first-order chi connectivity index (χ1) is 18.0. The second-order valence-electron chi connectivity index (χ2n) is 9.67. The molecule has 6 bridgehead atoms. The number of aromatic nitrogens is 3. The van der Waals surface area contributed by atoms with Gasteiger partial charge in [0.1, 0.15) is 5.82 Å². The van der Waals surface area contributed by atoms with Gasteiger partial charge < -0.3 is 26.2 Å². The highest BCUT2D eigenvalue weighted by Gasteiger charge is 2.24. The van der Waals surface area contributed by atoms with Crippen molar-refractivity contribution in [1.82, 2.24) is 25.2 Å². The fourth-order valence-electron chi connectivity index (χ4n) is 4.83. The van der Waals surface area contributed by atoms with E-state index in [0.717, 1.165) is 59.4 Å². The van der Waals surface area contributed by atoms with E-state index >= 15 is 0 Å². The molecule has 1 fully saturated rings. The number of carbonyl (C=O) groups is 2. The smallest absolute Gasteiger partial charge is 0.317 e. The number of nitrogens with zero attached hydrogens (tertiary/aromatic N) is 4. The predicted molar refractivity (Wildman–Crippen MR) is 143 cm³/mol. The molecule has 2 aliphatic rings. The molecule has 37 heavy (non-hydrogen) atoms. The average molecular weight is 501 g/mol. The third-order valence-electron chi connectivity index (χ3n) is 6.94. The summed E-state index contributed by atoms with van der Waals surface area (Å²) in [6, 6.07) is 7.97. The molecular formula is C27H32N8O2. The van der Waals surface area contributed by atoms with Crippen molar-refractivity contribution in [3.63, 3.8) is 0 Å². The number of rotatable bonds is 3. The first-order valence-corrected chi connectivity index (χ1v) is 12.7. The van der Waals surface area contributed by atoms with Gasteiger partial charge in [-0.2, -0.15) is 4.98 Å². The van der Waals surface area contributed by atoms with Crippen LogP contribution in [-0.4, -0.2) is 51.9 Å². The number of anilines is 5. The molecule has 0 aliphatic carbocycles. The van der Waals surface area contributed by atoms with Crippen LogP contribution in [-0.2, 0) is 17.6 Å². The number of pyridine rings is 1. The number of nitrogens with one attached hydrogen (secondary N) is 4. The molecule has 5 rings (SSSR count). The summed E-state index contributed by atoms with van der Waals surface area (Å²) >= 11 is 0. The number of carbonyl (C=O) groups excluding carboxylic acids is 2. The van der Waals surface area contributed by atoms with Crippen molar-refractivity contribution >= 4 is 40.8 Å². The topological polar surface area (TPSA) is 124 Å². The van der Waals surface area contributed by atoms with Crippen molar-refractivity contribution in [1.29, 1.82) is 0 Å². The van der Waals surface area contributed by atoms with Gasteiger partial charge in [0.05, 0.1) is 11.9 Å². The molecule has 0 radical (unpaired) electrons. The quantitative estimate of drug-likeness (QED) is 0.426. The molecule has 4 heterocycles. The van der Waals surface area contributed by atoms with E-state index in [2.05, 4.69) is 48.4 Å². The molecule has 2 aromatic heterocycles. The van der Waals surface area contributed by atoms with E-state index in [1.807, 2.05) is 25.3 Å². The van der Waals surface area contributed by atoms with Gasteiger partial charge in [-0.1, -0.05) is 0 Å². The van der Waals surface area contributed by atoms with Gasteiger partial charge in [-0.05, 0) is 73.9 Å². The Hall–Kier alpha value is -4.21. The van der Waals surface area contributed by atoms with Gasteiger partial charge in [0.2, 0.25) is 11.9 Å². The molecule has 3 aromatic rings. The van der Waals surface area contributed by atoms with Gasteiger partial charge in [-0.15, -0.1) is 0 Å². The summed E-state index contributed by atoms with van der Waals surface area (Å²) in [7, 11) is 1.64. The SMILES string of the molecule is CNC(=O)N1CCC(CC(=O)Nc2ccc3cc2CCc2cncc(c2)Nc2ncc(C)c(n2)N3)CC1. The average Bonchev–Trinajstić information content (AvgIpc) is 2.91. The van der Waals surface area contributed by atoms with Crippen molar-refractivity contribution < 1.29 is 9.59 Å². The number of urea groups is 1. The maximum atomic E-state index is 13.0. The maximum Gasteiger partial charge on any atom is 0.317 e. The van der Waals surface area contributed by atoms with Gasteiger partial charge >= 0.3 is 6.03 Å². The van der Waals surface area contributed by atoms with Crippen molar-refractivity contribution in [3.8, 4) is 0 Å². The molecular weight excluding hydrogens is 468 g/mol. The lowest BCUT2D eigenvalue weighted by molar-refractivity contribution is -0.117.